The lowest BCUT2D eigenvalue weighted by atomic mass is 10.0. The third-order valence-corrected chi connectivity index (χ3v) is 6.27. The molecule has 0 atom stereocenters. The van der Waals surface area contributed by atoms with Crippen molar-refractivity contribution in [1.29, 1.82) is 0 Å². The van der Waals surface area contributed by atoms with Crippen LogP contribution in [-0.2, 0) is 17.9 Å². The number of aromatic amines is 1. The molecule has 2 heterocycles. The van der Waals surface area contributed by atoms with E-state index in [1.54, 1.807) is 17.4 Å². The molecule has 1 aliphatic rings. The van der Waals surface area contributed by atoms with Gasteiger partial charge in [-0.15, -0.1) is 0 Å². The van der Waals surface area contributed by atoms with E-state index in [9.17, 15) is 19.7 Å². The summed E-state index contributed by atoms with van der Waals surface area (Å²) in [5, 5.41) is 10.9. The molecular formula is C27H23N5O4. The predicted octanol–water partition coefficient (Wildman–Crippen LogP) is 4.22. The minimum atomic E-state index is -0.687. The van der Waals surface area contributed by atoms with Gasteiger partial charge in [-0.1, -0.05) is 36.4 Å². The smallest absolute Gasteiger partial charge is 0.295 e. The van der Waals surface area contributed by atoms with Crippen LogP contribution >= 0.6 is 0 Å². The van der Waals surface area contributed by atoms with Crippen molar-refractivity contribution in [2.24, 2.45) is 0 Å². The van der Waals surface area contributed by atoms with Gasteiger partial charge in [0, 0.05) is 49.2 Å². The zero-order valence-corrected chi connectivity index (χ0v) is 19.3. The molecule has 1 N–H and O–H groups in total. The minimum absolute atomic E-state index is 0.127. The molecule has 4 aromatic rings. The van der Waals surface area contributed by atoms with Gasteiger partial charge in [0.05, 0.1) is 23.5 Å². The van der Waals surface area contributed by atoms with E-state index >= 15 is 0 Å². The van der Waals surface area contributed by atoms with Gasteiger partial charge >= 0.3 is 0 Å². The van der Waals surface area contributed by atoms with Gasteiger partial charge in [0.1, 0.15) is 0 Å². The number of nitro groups is 1. The zero-order valence-electron chi connectivity index (χ0n) is 19.3. The summed E-state index contributed by atoms with van der Waals surface area (Å²) in [7, 11) is 0. The Kier molecular flexibility index (Phi) is 6.27. The molecule has 1 aliphatic heterocycles. The van der Waals surface area contributed by atoms with Crippen LogP contribution in [0.3, 0.4) is 0 Å². The Morgan fingerprint density at radius 1 is 0.972 bits per heavy atom. The molecule has 1 aromatic heterocycles. The van der Waals surface area contributed by atoms with Gasteiger partial charge in [-0.25, -0.2) is 4.98 Å². The summed E-state index contributed by atoms with van der Waals surface area (Å²) in [5.74, 6) is -1.32. The van der Waals surface area contributed by atoms with Gasteiger partial charge in [0.25, 0.3) is 11.6 Å². The number of H-pyrrole nitrogens is 1. The Bertz CT molecular complexity index is 1400. The molecule has 0 radical (unpaired) electrons. The van der Waals surface area contributed by atoms with Gasteiger partial charge in [-0.2, -0.15) is 0 Å². The molecule has 180 valence electrons. The first-order chi connectivity index (χ1) is 17.5. The van der Waals surface area contributed by atoms with E-state index in [0.717, 1.165) is 28.1 Å². The van der Waals surface area contributed by atoms with E-state index in [2.05, 4.69) is 33.1 Å². The van der Waals surface area contributed by atoms with E-state index in [0.29, 0.717) is 19.6 Å². The number of fused-ring (bicyclic) bond motifs is 1. The summed E-state index contributed by atoms with van der Waals surface area (Å²) < 4.78 is 0. The number of ketones is 1. The summed E-state index contributed by atoms with van der Waals surface area (Å²) in [6.07, 6.45) is 3.40. The Morgan fingerprint density at radius 2 is 1.75 bits per heavy atom. The third kappa shape index (κ3) is 4.72. The highest BCUT2D eigenvalue weighted by atomic mass is 16.6. The van der Waals surface area contributed by atoms with Crippen molar-refractivity contribution >= 4 is 23.1 Å². The highest BCUT2D eigenvalue weighted by Crippen LogP contribution is 2.31. The van der Waals surface area contributed by atoms with Gasteiger partial charge in [-0.3, -0.25) is 19.7 Å². The Balaban J connectivity index is 1.45. The molecule has 0 spiro atoms. The SMILES string of the molecule is O=C(C(=O)N1CCN(Cc2cnc[nH]2)c2ccc(-c3ccccc3)cc2C1)c1ccc([N+](=O)[O-])cc1. The number of Topliss-reactive ketones (excluding diaryl/α,β-unsaturated/α-hetero) is 1. The molecule has 0 bridgehead atoms. The first-order valence-electron chi connectivity index (χ1n) is 11.5. The topological polar surface area (TPSA) is 112 Å². The average molecular weight is 482 g/mol. The van der Waals surface area contributed by atoms with Crippen molar-refractivity contribution in [3.8, 4) is 11.1 Å². The first kappa shape index (κ1) is 23.0. The number of rotatable bonds is 6. The lowest BCUT2D eigenvalue weighted by molar-refractivity contribution is -0.384. The van der Waals surface area contributed by atoms with Gasteiger partial charge in [0.15, 0.2) is 0 Å². The second kappa shape index (κ2) is 9.83. The number of nitro benzene ring substituents is 1. The van der Waals surface area contributed by atoms with E-state index in [4.69, 9.17) is 0 Å². The number of non-ortho nitro benzene ring substituents is 1. The van der Waals surface area contributed by atoms with Crippen LogP contribution in [0.25, 0.3) is 11.1 Å². The fourth-order valence-corrected chi connectivity index (χ4v) is 4.39. The Hall–Kier alpha value is -4.79. The number of carbonyl (C=O) groups is 2. The fraction of sp³-hybridized carbons (Fsp3) is 0.148. The molecule has 0 saturated heterocycles. The first-order valence-corrected chi connectivity index (χ1v) is 11.5. The lowest BCUT2D eigenvalue weighted by Gasteiger charge is -2.24. The maximum absolute atomic E-state index is 13.3. The number of benzene rings is 3. The molecular weight excluding hydrogens is 458 g/mol. The average Bonchev–Trinajstić information content (AvgIpc) is 3.36. The maximum atomic E-state index is 13.3. The molecule has 0 fully saturated rings. The van der Waals surface area contributed by atoms with Crippen molar-refractivity contribution in [2.45, 2.75) is 13.1 Å². The molecule has 0 saturated carbocycles. The number of carbonyl (C=O) groups excluding carboxylic acids is 2. The van der Waals surface area contributed by atoms with Crippen LogP contribution in [0.2, 0.25) is 0 Å². The summed E-state index contributed by atoms with van der Waals surface area (Å²) in [5.41, 5.74) is 4.93. The van der Waals surface area contributed by atoms with E-state index in [-0.39, 0.29) is 17.8 Å². The van der Waals surface area contributed by atoms with Crippen LogP contribution in [0.5, 0.6) is 0 Å². The monoisotopic (exact) mass is 481 g/mol. The highest BCUT2D eigenvalue weighted by molar-refractivity contribution is 6.42. The summed E-state index contributed by atoms with van der Waals surface area (Å²) >= 11 is 0. The van der Waals surface area contributed by atoms with Crippen molar-refractivity contribution in [3.63, 3.8) is 0 Å². The van der Waals surface area contributed by atoms with E-state index in [1.165, 1.54) is 24.3 Å². The number of nitrogens with zero attached hydrogens (tertiary/aromatic N) is 4. The third-order valence-electron chi connectivity index (χ3n) is 6.27. The molecule has 0 aliphatic carbocycles. The van der Waals surface area contributed by atoms with Crippen LogP contribution in [-0.4, -0.2) is 44.6 Å². The van der Waals surface area contributed by atoms with Gasteiger partial charge in [0.2, 0.25) is 5.78 Å². The Labute approximate surface area is 207 Å². The number of anilines is 1. The zero-order chi connectivity index (χ0) is 25.1. The van der Waals surface area contributed by atoms with Crippen LogP contribution in [0.15, 0.2) is 85.3 Å². The highest BCUT2D eigenvalue weighted by Gasteiger charge is 2.28. The number of amides is 1. The quantitative estimate of drug-likeness (QED) is 0.191. The van der Waals surface area contributed by atoms with Crippen LogP contribution in [0.4, 0.5) is 11.4 Å². The molecule has 36 heavy (non-hydrogen) atoms. The van der Waals surface area contributed by atoms with Crippen molar-refractivity contribution < 1.29 is 14.5 Å². The second-order valence-corrected chi connectivity index (χ2v) is 8.57. The van der Waals surface area contributed by atoms with Crippen molar-refractivity contribution in [1.82, 2.24) is 14.9 Å². The normalized spacial score (nSPS) is 13.1. The number of nitrogens with one attached hydrogen (secondary N) is 1. The predicted molar refractivity (Wildman–Crippen MR) is 134 cm³/mol. The second-order valence-electron chi connectivity index (χ2n) is 8.57. The minimum Gasteiger partial charge on any atom is -0.364 e. The van der Waals surface area contributed by atoms with Crippen LogP contribution in [0.1, 0.15) is 21.6 Å². The van der Waals surface area contributed by atoms with E-state index < -0.39 is 16.6 Å². The summed E-state index contributed by atoms with van der Waals surface area (Å²) in [6, 6.07) is 21.3. The van der Waals surface area contributed by atoms with Crippen LogP contribution < -0.4 is 4.90 Å². The van der Waals surface area contributed by atoms with Crippen LogP contribution in [0, 0.1) is 10.1 Å². The molecule has 0 unspecified atom stereocenters. The molecule has 1 amide bonds. The number of aromatic nitrogens is 2. The summed E-state index contributed by atoms with van der Waals surface area (Å²) in [6.45, 7) is 1.72. The van der Waals surface area contributed by atoms with E-state index in [1.807, 2.05) is 30.3 Å². The number of hydrogen-bond acceptors (Lipinski definition) is 6. The molecule has 3 aromatic carbocycles. The largest absolute Gasteiger partial charge is 0.364 e. The maximum Gasteiger partial charge on any atom is 0.295 e. The number of hydrogen-bond donors (Lipinski definition) is 1. The van der Waals surface area contributed by atoms with Crippen molar-refractivity contribution in [3.05, 3.63) is 112 Å². The standard InChI is InChI=1S/C27H23N5O4/c33-26(20-6-9-24(10-7-20)32(35)36)27(34)31-13-12-30(17-23-15-28-18-29-23)25-11-8-21(14-22(25)16-31)19-4-2-1-3-5-19/h1-11,14-15,18H,12-13,16-17H2,(H,28,29). The Morgan fingerprint density at radius 3 is 2.44 bits per heavy atom. The fourth-order valence-electron chi connectivity index (χ4n) is 4.39. The summed E-state index contributed by atoms with van der Waals surface area (Å²) in [4.78, 5) is 47.6. The number of imidazole rings is 1. The van der Waals surface area contributed by atoms with Crippen molar-refractivity contribution in [2.75, 3.05) is 18.0 Å². The lowest BCUT2D eigenvalue weighted by Crippen LogP contribution is -2.39. The molecule has 5 rings (SSSR count). The van der Waals surface area contributed by atoms with Gasteiger partial charge < -0.3 is 14.8 Å². The van der Waals surface area contributed by atoms with Gasteiger partial charge in [-0.05, 0) is 41.0 Å². The molecule has 9 nitrogen and oxygen atoms in total. The molecule has 9 heteroatoms.